The molecule has 1 aliphatic carbocycles. The largest absolute Gasteiger partial charge is 0.755 e. The van der Waals surface area contributed by atoms with Gasteiger partial charge in [0, 0.05) is 11.6 Å². The number of carbonyl (C=O) groups is 1. The highest BCUT2D eigenvalue weighted by Gasteiger charge is 2.47. The molecule has 2 aromatic rings. The number of aromatic nitrogens is 2. The van der Waals surface area contributed by atoms with Crippen molar-refractivity contribution in [3.8, 4) is 0 Å². The Balaban J connectivity index is 2.38. The average molecular weight is 366 g/mol. The summed E-state index contributed by atoms with van der Waals surface area (Å²) < 4.78 is 28.6. The minimum Gasteiger partial charge on any atom is -0.755 e. The molecular weight excluding hydrogens is 350 g/mol. The second kappa shape index (κ2) is 6.52. The number of fused-ring (bicyclic) bond motifs is 1. The molecule has 0 bridgehead atoms. The standard InChI is InChI=1S/C15H17N3O6S/c1-24-14(19)15(6-3-2-4-7-15)12-10-5-8-17(25(22)23)13(10)16-9-11(12)18(20)21/h5,8-9H,2-4,6-7H2,1H3,(H,22,23)/p-1. The van der Waals surface area contributed by atoms with Crippen molar-refractivity contribution in [2.24, 2.45) is 0 Å². The fraction of sp³-hybridized carbons (Fsp3) is 0.467. The molecule has 1 saturated carbocycles. The van der Waals surface area contributed by atoms with Gasteiger partial charge in [-0.05, 0) is 18.9 Å². The maximum Gasteiger partial charge on any atom is 0.316 e. The molecule has 0 aliphatic heterocycles. The Bertz CT molecular complexity index is 872. The third kappa shape index (κ3) is 2.71. The molecule has 0 radical (unpaired) electrons. The van der Waals surface area contributed by atoms with Crippen LogP contribution in [0.1, 0.15) is 37.7 Å². The van der Waals surface area contributed by atoms with Crippen LogP contribution in [0.5, 0.6) is 0 Å². The first-order valence-electron chi connectivity index (χ1n) is 7.75. The van der Waals surface area contributed by atoms with Crippen molar-refractivity contribution in [3.05, 3.63) is 34.1 Å². The van der Waals surface area contributed by atoms with Crippen LogP contribution in [0, 0.1) is 10.1 Å². The second-order valence-electron chi connectivity index (χ2n) is 6.01. The lowest BCUT2D eigenvalue weighted by molar-refractivity contribution is -0.386. The zero-order valence-corrected chi connectivity index (χ0v) is 14.3. The SMILES string of the molecule is COC(=O)C1(c2c([N+](=O)[O-])cnc3c2ccn3S(=O)[O-])CCCCC1. The Labute approximate surface area is 145 Å². The lowest BCUT2D eigenvalue weighted by atomic mass is 9.68. The van der Waals surface area contributed by atoms with Crippen LogP contribution in [0.2, 0.25) is 0 Å². The van der Waals surface area contributed by atoms with Crippen LogP contribution >= 0.6 is 0 Å². The minimum absolute atomic E-state index is 0.0581. The number of hydrogen-bond acceptors (Lipinski definition) is 7. The van der Waals surface area contributed by atoms with E-state index in [1.807, 2.05) is 0 Å². The number of nitro groups is 1. The lowest BCUT2D eigenvalue weighted by Gasteiger charge is -2.34. The zero-order chi connectivity index (χ0) is 18.2. The molecular formula is C15H16N3O6S-. The first-order valence-corrected chi connectivity index (χ1v) is 8.78. The van der Waals surface area contributed by atoms with E-state index in [2.05, 4.69) is 4.98 Å². The van der Waals surface area contributed by atoms with Crippen LogP contribution < -0.4 is 0 Å². The van der Waals surface area contributed by atoms with Gasteiger partial charge in [-0.3, -0.25) is 23.1 Å². The van der Waals surface area contributed by atoms with Crippen LogP contribution in [0.15, 0.2) is 18.5 Å². The van der Waals surface area contributed by atoms with Crippen LogP contribution in [0.25, 0.3) is 11.0 Å². The van der Waals surface area contributed by atoms with Gasteiger partial charge in [-0.25, -0.2) is 4.98 Å². The molecule has 134 valence electrons. The van der Waals surface area contributed by atoms with E-state index >= 15 is 0 Å². The van der Waals surface area contributed by atoms with Gasteiger partial charge in [-0.2, -0.15) is 0 Å². The van der Waals surface area contributed by atoms with Gasteiger partial charge in [0.25, 0.3) is 5.69 Å². The van der Waals surface area contributed by atoms with Crippen molar-refractivity contribution < 1.29 is 23.2 Å². The van der Waals surface area contributed by atoms with Crippen LogP contribution in [-0.4, -0.2) is 35.7 Å². The Morgan fingerprint density at radius 1 is 1.40 bits per heavy atom. The van der Waals surface area contributed by atoms with E-state index in [1.54, 1.807) is 0 Å². The van der Waals surface area contributed by atoms with Gasteiger partial charge in [0.05, 0.1) is 28.9 Å². The smallest absolute Gasteiger partial charge is 0.316 e. The Kier molecular flexibility index (Phi) is 4.56. The number of nitrogens with zero attached hydrogens (tertiary/aromatic N) is 3. The first-order chi connectivity index (χ1) is 11.9. The number of hydrogen-bond donors (Lipinski definition) is 0. The van der Waals surface area contributed by atoms with E-state index < -0.39 is 27.6 Å². The third-order valence-corrected chi connectivity index (χ3v) is 5.40. The van der Waals surface area contributed by atoms with Crippen LogP contribution in [0.4, 0.5) is 5.69 Å². The maximum absolute atomic E-state index is 12.7. The summed E-state index contributed by atoms with van der Waals surface area (Å²) in [5.74, 6) is -0.543. The molecule has 1 aliphatic rings. The molecule has 2 heterocycles. The minimum atomic E-state index is -2.61. The van der Waals surface area contributed by atoms with Gasteiger partial charge < -0.3 is 9.29 Å². The second-order valence-corrected chi connectivity index (χ2v) is 6.83. The number of esters is 1. The van der Waals surface area contributed by atoms with Gasteiger partial charge in [0.2, 0.25) is 0 Å². The van der Waals surface area contributed by atoms with Crippen molar-refractivity contribution in [1.82, 2.24) is 8.96 Å². The predicted octanol–water partition coefficient (Wildman–Crippen LogP) is 1.96. The normalized spacial score (nSPS) is 18.0. The van der Waals surface area contributed by atoms with Crippen molar-refractivity contribution in [3.63, 3.8) is 0 Å². The Morgan fingerprint density at radius 3 is 2.64 bits per heavy atom. The number of pyridine rings is 1. The molecule has 1 atom stereocenters. The third-order valence-electron chi connectivity index (χ3n) is 4.78. The molecule has 10 heteroatoms. The molecule has 0 N–H and O–H groups in total. The number of carbonyl (C=O) groups excluding carboxylic acids is 1. The van der Waals surface area contributed by atoms with E-state index in [-0.39, 0.29) is 22.3 Å². The highest BCUT2D eigenvalue weighted by atomic mass is 32.2. The molecule has 3 rings (SSSR count). The lowest BCUT2D eigenvalue weighted by Crippen LogP contribution is -2.39. The van der Waals surface area contributed by atoms with E-state index in [1.165, 1.54) is 19.4 Å². The summed E-state index contributed by atoms with van der Waals surface area (Å²) in [7, 11) is 1.25. The fourth-order valence-corrected chi connectivity index (χ4v) is 4.17. The van der Waals surface area contributed by atoms with Gasteiger partial charge >= 0.3 is 5.97 Å². The van der Waals surface area contributed by atoms with E-state index in [0.29, 0.717) is 12.8 Å². The highest BCUT2D eigenvalue weighted by Crippen LogP contribution is 2.46. The number of rotatable bonds is 4. The zero-order valence-electron chi connectivity index (χ0n) is 13.5. The van der Waals surface area contributed by atoms with E-state index in [0.717, 1.165) is 29.4 Å². The van der Waals surface area contributed by atoms with Gasteiger partial charge in [0.15, 0.2) is 5.65 Å². The fourth-order valence-electron chi connectivity index (χ4n) is 3.72. The van der Waals surface area contributed by atoms with E-state index in [4.69, 9.17) is 4.74 Å². The number of methoxy groups -OCH3 is 1. The summed E-state index contributed by atoms with van der Waals surface area (Å²) in [5.41, 5.74) is -1.22. The number of ether oxygens (including phenoxy) is 1. The van der Waals surface area contributed by atoms with Crippen LogP contribution in [0.3, 0.4) is 0 Å². The molecule has 0 aromatic carbocycles. The highest BCUT2D eigenvalue weighted by molar-refractivity contribution is 7.77. The molecule has 2 aromatic heterocycles. The summed E-state index contributed by atoms with van der Waals surface area (Å²) in [4.78, 5) is 27.6. The summed E-state index contributed by atoms with van der Waals surface area (Å²) in [6, 6.07) is 1.44. The first kappa shape index (κ1) is 17.5. The quantitative estimate of drug-likeness (QED) is 0.350. The van der Waals surface area contributed by atoms with Crippen molar-refractivity contribution >= 4 is 34.0 Å². The Morgan fingerprint density at radius 2 is 2.08 bits per heavy atom. The van der Waals surface area contributed by atoms with Crippen LogP contribution in [-0.2, 0) is 26.2 Å². The van der Waals surface area contributed by atoms with Gasteiger partial charge in [-0.1, -0.05) is 19.3 Å². The molecule has 1 unspecified atom stereocenters. The van der Waals surface area contributed by atoms with E-state index in [9.17, 15) is 23.7 Å². The molecule has 0 spiro atoms. The van der Waals surface area contributed by atoms with Crippen molar-refractivity contribution in [2.45, 2.75) is 37.5 Å². The summed E-state index contributed by atoms with van der Waals surface area (Å²) in [6.45, 7) is 0. The monoisotopic (exact) mass is 366 g/mol. The topological polar surface area (TPSA) is 127 Å². The molecule has 25 heavy (non-hydrogen) atoms. The predicted molar refractivity (Wildman–Crippen MR) is 87.5 cm³/mol. The summed E-state index contributed by atoms with van der Waals surface area (Å²) >= 11 is -2.61. The van der Waals surface area contributed by atoms with Gasteiger partial charge in [0.1, 0.15) is 11.6 Å². The van der Waals surface area contributed by atoms with Gasteiger partial charge in [-0.15, -0.1) is 0 Å². The summed E-state index contributed by atoms with van der Waals surface area (Å²) in [5, 5.41) is 11.9. The average Bonchev–Trinajstić information content (AvgIpc) is 3.04. The van der Waals surface area contributed by atoms with Crippen molar-refractivity contribution in [1.29, 1.82) is 0 Å². The summed E-state index contributed by atoms with van der Waals surface area (Å²) in [6.07, 6.45) is 5.47. The maximum atomic E-state index is 12.7. The molecule has 0 saturated heterocycles. The molecule has 9 nitrogen and oxygen atoms in total. The molecule has 0 amide bonds. The van der Waals surface area contributed by atoms with Crippen molar-refractivity contribution in [2.75, 3.05) is 7.11 Å². The Hall–Kier alpha value is -2.33. The molecule has 1 fully saturated rings.